The summed E-state index contributed by atoms with van der Waals surface area (Å²) in [5.41, 5.74) is 4.85. The Morgan fingerprint density at radius 1 is 1.26 bits per heavy atom. The Morgan fingerprint density at radius 3 is 2.58 bits per heavy atom. The molecule has 0 saturated heterocycles. The Hall–Kier alpha value is -1.97. The zero-order valence-corrected chi connectivity index (χ0v) is 22.2. The van der Waals surface area contributed by atoms with Gasteiger partial charge < -0.3 is 20.1 Å². The summed E-state index contributed by atoms with van der Waals surface area (Å²) < 4.78 is 13.0. The molecule has 0 saturated carbocycles. The molecule has 7 nitrogen and oxygen atoms in total. The number of halogens is 1. The van der Waals surface area contributed by atoms with E-state index in [1.165, 1.54) is 16.8 Å². The molecule has 1 unspecified atom stereocenters. The van der Waals surface area contributed by atoms with Crippen molar-refractivity contribution >= 4 is 29.9 Å². The van der Waals surface area contributed by atoms with Crippen molar-refractivity contribution in [2.75, 3.05) is 27.3 Å². The first-order chi connectivity index (χ1) is 14.4. The highest BCUT2D eigenvalue weighted by Crippen LogP contribution is 2.28. The minimum atomic E-state index is 0. The monoisotopic (exact) mass is 543 g/mol. The number of aliphatic imine (C=N–C) groups is 1. The lowest BCUT2D eigenvalue weighted by Gasteiger charge is -2.18. The summed E-state index contributed by atoms with van der Waals surface area (Å²) in [5.74, 6) is 2.40. The molecule has 0 amide bonds. The number of aryl methyl sites for hydroxylation is 3. The molecule has 2 rings (SSSR count). The number of hydrogen-bond donors (Lipinski definition) is 2. The van der Waals surface area contributed by atoms with Gasteiger partial charge in [-0.1, -0.05) is 6.07 Å². The van der Waals surface area contributed by atoms with Crippen molar-refractivity contribution in [3.05, 3.63) is 40.7 Å². The summed E-state index contributed by atoms with van der Waals surface area (Å²) >= 11 is 0. The standard InChI is InChI=1S/C23H37N5O2.HI/c1-8-30-22-15-19(11-12-21(22)29-7)10-9-13-25-23(24-5)26-16(2)14-20-17(3)27-28(6)18(20)4;/h11-12,15-16H,8-10,13-14H2,1-7H3,(H2,24,25,26);1H. The molecule has 0 spiro atoms. The predicted octanol–water partition coefficient (Wildman–Crippen LogP) is 3.79. The Morgan fingerprint density at radius 2 is 2.00 bits per heavy atom. The lowest BCUT2D eigenvalue weighted by Crippen LogP contribution is -2.43. The van der Waals surface area contributed by atoms with E-state index in [1.54, 1.807) is 14.2 Å². The number of hydrogen-bond acceptors (Lipinski definition) is 4. The molecule has 1 heterocycles. The SMILES string of the molecule is CCOc1cc(CCCNC(=NC)NC(C)Cc2c(C)nn(C)c2C)ccc1OC.I. The largest absolute Gasteiger partial charge is 0.493 e. The molecule has 0 radical (unpaired) electrons. The fourth-order valence-electron chi connectivity index (χ4n) is 3.54. The van der Waals surface area contributed by atoms with Gasteiger partial charge in [-0.25, -0.2) is 0 Å². The molecule has 174 valence electrons. The van der Waals surface area contributed by atoms with Crippen molar-refractivity contribution in [2.24, 2.45) is 12.0 Å². The first-order valence-electron chi connectivity index (χ1n) is 10.7. The van der Waals surface area contributed by atoms with Crippen LogP contribution in [0.3, 0.4) is 0 Å². The fraction of sp³-hybridized carbons (Fsp3) is 0.565. The molecule has 31 heavy (non-hydrogen) atoms. The van der Waals surface area contributed by atoms with Crippen LogP contribution in [0.2, 0.25) is 0 Å². The van der Waals surface area contributed by atoms with E-state index in [4.69, 9.17) is 9.47 Å². The maximum atomic E-state index is 5.67. The lowest BCUT2D eigenvalue weighted by atomic mass is 10.1. The molecule has 0 bridgehead atoms. The second kappa shape index (κ2) is 13.4. The topological polar surface area (TPSA) is 72.7 Å². The molecule has 0 fully saturated rings. The Labute approximate surface area is 204 Å². The van der Waals surface area contributed by atoms with Crippen LogP contribution < -0.4 is 20.1 Å². The van der Waals surface area contributed by atoms with E-state index in [1.807, 2.05) is 24.7 Å². The van der Waals surface area contributed by atoms with Gasteiger partial charge in [-0.2, -0.15) is 5.10 Å². The summed E-state index contributed by atoms with van der Waals surface area (Å²) in [6.45, 7) is 9.80. The van der Waals surface area contributed by atoms with Crippen molar-refractivity contribution in [3.63, 3.8) is 0 Å². The van der Waals surface area contributed by atoms with Gasteiger partial charge in [0.25, 0.3) is 0 Å². The summed E-state index contributed by atoms with van der Waals surface area (Å²) in [4.78, 5) is 4.36. The number of nitrogens with zero attached hydrogens (tertiary/aromatic N) is 3. The third-order valence-electron chi connectivity index (χ3n) is 5.24. The van der Waals surface area contributed by atoms with Gasteiger partial charge in [0.15, 0.2) is 17.5 Å². The van der Waals surface area contributed by atoms with E-state index in [-0.39, 0.29) is 30.0 Å². The van der Waals surface area contributed by atoms with Crippen LogP contribution in [-0.4, -0.2) is 49.1 Å². The highest BCUT2D eigenvalue weighted by Gasteiger charge is 2.14. The van der Waals surface area contributed by atoms with Crippen LogP contribution in [0.5, 0.6) is 11.5 Å². The third-order valence-corrected chi connectivity index (χ3v) is 5.24. The smallest absolute Gasteiger partial charge is 0.191 e. The average molecular weight is 543 g/mol. The summed E-state index contributed by atoms with van der Waals surface area (Å²) in [5, 5.41) is 11.4. The first kappa shape index (κ1) is 27.1. The molecule has 0 aliphatic heterocycles. The summed E-state index contributed by atoms with van der Waals surface area (Å²) in [6, 6.07) is 6.39. The molecule has 0 aliphatic rings. The normalized spacial score (nSPS) is 12.2. The second-order valence-corrected chi connectivity index (χ2v) is 7.54. The molecule has 1 atom stereocenters. The van der Waals surface area contributed by atoms with Crippen molar-refractivity contribution in [3.8, 4) is 11.5 Å². The number of aromatic nitrogens is 2. The summed E-state index contributed by atoms with van der Waals surface area (Å²) in [7, 11) is 5.46. The average Bonchev–Trinajstić information content (AvgIpc) is 2.96. The molecule has 1 aromatic carbocycles. The van der Waals surface area contributed by atoms with Crippen LogP contribution in [0, 0.1) is 13.8 Å². The number of guanidine groups is 1. The summed E-state index contributed by atoms with van der Waals surface area (Å²) in [6.07, 6.45) is 2.86. The predicted molar refractivity (Wildman–Crippen MR) is 138 cm³/mol. The van der Waals surface area contributed by atoms with Crippen LogP contribution in [0.1, 0.15) is 42.8 Å². The maximum Gasteiger partial charge on any atom is 0.191 e. The van der Waals surface area contributed by atoms with Crippen molar-refractivity contribution < 1.29 is 9.47 Å². The molecule has 0 aliphatic carbocycles. The molecule has 2 aromatic rings. The highest BCUT2D eigenvalue weighted by molar-refractivity contribution is 14.0. The number of methoxy groups -OCH3 is 1. The van der Waals surface area contributed by atoms with Gasteiger partial charge in [0.1, 0.15) is 0 Å². The molecule has 1 aromatic heterocycles. The minimum Gasteiger partial charge on any atom is -0.493 e. The van der Waals surface area contributed by atoms with Gasteiger partial charge in [-0.15, -0.1) is 24.0 Å². The fourth-order valence-corrected chi connectivity index (χ4v) is 3.54. The maximum absolute atomic E-state index is 5.67. The lowest BCUT2D eigenvalue weighted by molar-refractivity contribution is 0.310. The number of nitrogens with one attached hydrogen (secondary N) is 2. The molecular formula is C23H38IN5O2. The zero-order valence-electron chi connectivity index (χ0n) is 19.9. The van der Waals surface area contributed by atoms with Crippen molar-refractivity contribution in [1.29, 1.82) is 0 Å². The minimum absolute atomic E-state index is 0. The molecular weight excluding hydrogens is 505 g/mol. The van der Waals surface area contributed by atoms with Crippen molar-refractivity contribution in [1.82, 2.24) is 20.4 Å². The van der Waals surface area contributed by atoms with E-state index >= 15 is 0 Å². The number of benzene rings is 1. The quantitative estimate of drug-likeness (QED) is 0.207. The van der Waals surface area contributed by atoms with Gasteiger partial charge in [-0.3, -0.25) is 9.67 Å². The van der Waals surface area contributed by atoms with Crippen molar-refractivity contribution in [2.45, 2.75) is 53.0 Å². The Balaban J connectivity index is 0.00000480. The Bertz CT molecular complexity index is 851. The van der Waals surface area contributed by atoms with Gasteiger partial charge >= 0.3 is 0 Å². The second-order valence-electron chi connectivity index (χ2n) is 7.54. The first-order valence-corrected chi connectivity index (χ1v) is 10.7. The van der Waals surface area contributed by atoms with Gasteiger partial charge in [-0.05, 0) is 70.2 Å². The molecule has 8 heteroatoms. The van der Waals surface area contributed by atoms with Gasteiger partial charge in [0.05, 0.1) is 19.4 Å². The van der Waals surface area contributed by atoms with E-state index in [0.29, 0.717) is 6.61 Å². The number of ether oxygens (including phenoxy) is 2. The van der Waals surface area contributed by atoms with E-state index < -0.39 is 0 Å². The van der Waals surface area contributed by atoms with Crippen LogP contribution in [-0.2, 0) is 19.9 Å². The molecule has 2 N–H and O–H groups in total. The highest BCUT2D eigenvalue weighted by atomic mass is 127. The number of rotatable bonds is 10. The van der Waals surface area contributed by atoms with Crippen LogP contribution >= 0.6 is 24.0 Å². The van der Waals surface area contributed by atoms with Gasteiger partial charge in [0, 0.05) is 32.4 Å². The van der Waals surface area contributed by atoms with Gasteiger partial charge in [0.2, 0.25) is 0 Å². The zero-order chi connectivity index (χ0) is 22.1. The van der Waals surface area contributed by atoms with Crippen LogP contribution in [0.25, 0.3) is 0 Å². The Kier molecular flexibility index (Phi) is 11.7. The van der Waals surface area contributed by atoms with E-state index in [2.05, 4.69) is 53.6 Å². The van der Waals surface area contributed by atoms with Crippen LogP contribution in [0.15, 0.2) is 23.2 Å². The third kappa shape index (κ3) is 7.90. The van der Waals surface area contributed by atoms with E-state index in [9.17, 15) is 0 Å². The van der Waals surface area contributed by atoms with E-state index in [0.717, 1.165) is 49.0 Å². The van der Waals surface area contributed by atoms with Crippen LogP contribution in [0.4, 0.5) is 0 Å².